The van der Waals surface area contributed by atoms with Crippen LogP contribution >= 0.6 is 0 Å². The third-order valence-electron chi connectivity index (χ3n) is 5.98. The van der Waals surface area contributed by atoms with Gasteiger partial charge in [0.2, 0.25) is 0 Å². The summed E-state index contributed by atoms with van der Waals surface area (Å²) in [5.74, 6) is 0.559. The van der Waals surface area contributed by atoms with E-state index >= 15 is 0 Å². The standard InChI is InChI=1S/C19H24N4O3S/c1-27(25,26)16-11-21-18(15(12-24)22-16)23-8-6-19(7-9-23)10-13-4-2-3-5-14(13)17(19)20/h2-5,11,17,24H,6-10,12,20H2,1H3/t17-/m1/s1. The Labute approximate surface area is 159 Å². The number of nitrogens with two attached hydrogens (primary N) is 1. The number of fused-ring (bicyclic) bond motifs is 1. The first-order valence-electron chi connectivity index (χ1n) is 9.09. The Morgan fingerprint density at radius 1 is 1.30 bits per heavy atom. The minimum atomic E-state index is -3.46. The summed E-state index contributed by atoms with van der Waals surface area (Å²) in [7, 11) is -3.46. The van der Waals surface area contributed by atoms with Crippen molar-refractivity contribution in [2.75, 3.05) is 24.2 Å². The van der Waals surface area contributed by atoms with Crippen LogP contribution in [0.2, 0.25) is 0 Å². The van der Waals surface area contributed by atoms with E-state index in [0.717, 1.165) is 38.6 Å². The van der Waals surface area contributed by atoms with Crippen LogP contribution < -0.4 is 10.6 Å². The van der Waals surface area contributed by atoms with Crippen molar-refractivity contribution in [3.05, 3.63) is 47.3 Å². The summed E-state index contributed by atoms with van der Waals surface area (Å²) in [5.41, 5.74) is 9.55. The Balaban J connectivity index is 1.55. The third-order valence-corrected chi connectivity index (χ3v) is 6.94. The van der Waals surface area contributed by atoms with Gasteiger partial charge in [-0.05, 0) is 35.8 Å². The number of benzene rings is 1. The van der Waals surface area contributed by atoms with E-state index in [-0.39, 0.29) is 23.1 Å². The van der Waals surface area contributed by atoms with Gasteiger partial charge in [0.25, 0.3) is 0 Å². The molecule has 1 fully saturated rings. The van der Waals surface area contributed by atoms with Crippen LogP contribution in [0.15, 0.2) is 35.5 Å². The molecule has 27 heavy (non-hydrogen) atoms. The lowest BCUT2D eigenvalue weighted by molar-refractivity contribution is 0.186. The first kappa shape index (κ1) is 18.3. The molecule has 1 spiro atoms. The number of anilines is 1. The predicted octanol–water partition coefficient (Wildman–Crippen LogP) is 1.22. The first-order chi connectivity index (χ1) is 12.8. The zero-order chi connectivity index (χ0) is 19.2. The van der Waals surface area contributed by atoms with E-state index in [2.05, 4.69) is 33.1 Å². The average molecular weight is 388 g/mol. The first-order valence-corrected chi connectivity index (χ1v) is 11.0. The smallest absolute Gasteiger partial charge is 0.194 e. The fourth-order valence-electron chi connectivity index (χ4n) is 4.42. The highest BCUT2D eigenvalue weighted by molar-refractivity contribution is 7.90. The van der Waals surface area contributed by atoms with Gasteiger partial charge < -0.3 is 15.7 Å². The van der Waals surface area contributed by atoms with E-state index in [9.17, 15) is 13.5 Å². The SMILES string of the molecule is CS(=O)(=O)c1cnc(N2CCC3(CC2)Cc2ccccc2[C@H]3N)c(CO)n1. The second-order valence-electron chi connectivity index (χ2n) is 7.61. The molecule has 1 aliphatic heterocycles. The summed E-state index contributed by atoms with van der Waals surface area (Å²) >= 11 is 0. The highest BCUT2D eigenvalue weighted by Gasteiger charge is 2.46. The molecule has 2 aromatic rings. The maximum Gasteiger partial charge on any atom is 0.194 e. The molecule has 0 saturated carbocycles. The van der Waals surface area contributed by atoms with Crippen molar-refractivity contribution >= 4 is 15.7 Å². The maximum atomic E-state index is 11.7. The van der Waals surface area contributed by atoms with Crippen LogP contribution in [-0.2, 0) is 22.9 Å². The van der Waals surface area contributed by atoms with E-state index in [0.29, 0.717) is 11.5 Å². The van der Waals surface area contributed by atoms with Gasteiger partial charge in [-0.15, -0.1) is 0 Å². The fraction of sp³-hybridized carbons (Fsp3) is 0.474. The molecule has 2 aliphatic rings. The van der Waals surface area contributed by atoms with Crippen LogP contribution in [0.4, 0.5) is 5.82 Å². The highest BCUT2D eigenvalue weighted by Crippen LogP contribution is 2.50. The minimum absolute atomic E-state index is 0.0341. The summed E-state index contributed by atoms with van der Waals surface area (Å²) in [6, 6.07) is 8.42. The number of hydrogen-bond donors (Lipinski definition) is 2. The predicted molar refractivity (Wildman–Crippen MR) is 102 cm³/mol. The fourth-order valence-corrected chi connectivity index (χ4v) is 4.94. The van der Waals surface area contributed by atoms with Crippen LogP contribution in [0.5, 0.6) is 0 Å². The molecule has 8 heteroatoms. The Bertz CT molecular complexity index is 969. The zero-order valence-electron chi connectivity index (χ0n) is 15.3. The monoisotopic (exact) mass is 388 g/mol. The molecule has 1 saturated heterocycles. The molecule has 0 amide bonds. The van der Waals surface area contributed by atoms with Crippen molar-refractivity contribution in [1.29, 1.82) is 0 Å². The number of hydrogen-bond acceptors (Lipinski definition) is 7. The lowest BCUT2D eigenvalue weighted by Gasteiger charge is -2.42. The average Bonchev–Trinajstić information content (AvgIpc) is 2.93. The summed E-state index contributed by atoms with van der Waals surface area (Å²) in [6.07, 6.45) is 5.18. The third kappa shape index (κ3) is 3.11. The highest BCUT2D eigenvalue weighted by atomic mass is 32.2. The van der Waals surface area contributed by atoms with Crippen molar-refractivity contribution < 1.29 is 13.5 Å². The largest absolute Gasteiger partial charge is 0.390 e. The van der Waals surface area contributed by atoms with Crippen LogP contribution in [-0.4, -0.2) is 42.8 Å². The van der Waals surface area contributed by atoms with Crippen LogP contribution in [0.3, 0.4) is 0 Å². The summed E-state index contributed by atoms with van der Waals surface area (Å²) in [4.78, 5) is 10.5. The van der Waals surface area contributed by atoms with Crippen molar-refractivity contribution in [3.8, 4) is 0 Å². The number of nitrogens with zero attached hydrogens (tertiary/aromatic N) is 3. The number of piperidine rings is 1. The van der Waals surface area contributed by atoms with Gasteiger partial charge in [0.1, 0.15) is 5.69 Å². The zero-order valence-corrected chi connectivity index (χ0v) is 16.1. The Hall–Kier alpha value is -2.03. The van der Waals surface area contributed by atoms with Crippen LogP contribution in [0.25, 0.3) is 0 Å². The van der Waals surface area contributed by atoms with Crippen LogP contribution in [0, 0.1) is 5.41 Å². The van der Waals surface area contributed by atoms with Crippen molar-refractivity contribution in [2.24, 2.45) is 11.1 Å². The maximum absolute atomic E-state index is 11.7. The Kier molecular flexibility index (Phi) is 4.44. The van der Waals surface area contributed by atoms with Crippen molar-refractivity contribution in [3.63, 3.8) is 0 Å². The second-order valence-corrected chi connectivity index (χ2v) is 9.57. The van der Waals surface area contributed by atoms with E-state index in [4.69, 9.17) is 5.73 Å². The number of aliphatic hydroxyl groups excluding tert-OH is 1. The topological polar surface area (TPSA) is 109 Å². The summed E-state index contributed by atoms with van der Waals surface area (Å²) in [6.45, 7) is 1.15. The lowest BCUT2D eigenvalue weighted by Crippen LogP contribution is -2.45. The molecule has 4 rings (SSSR count). The summed E-state index contributed by atoms with van der Waals surface area (Å²) < 4.78 is 23.4. The molecule has 0 unspecified atom stereocenters. The number of rotatable bonds is 3. The summed E-state index contributed by atoms with van der Waals surface area (Å²) in [5, 5.41) is 9.55. The van der Waals surface area contributed by atoms with E-state index in [1.54, 1.807) is 0 Å². The van der Waals surface area contributed by atoms with Crippen molar-refractivity contribution in [1.82, 2.24) is 9.97 Å². The molecule has 0 radical (unpaired) electrons. The number of sulfone groups is 1. The molecule has 2 heterocycles. The molecule has 0 bridgehead atoms. The normalized spacial score (nSPS) is 21.4. The minimum Gasteiger partial charge on any atom is -0.390 e. The Morgan fingerprint density at radius 3 is 2.63 bits per heavy atom. The molecule has 1 aliphatic carbocycles. The van der Waals surface area contributed by atoms with Gasteiger partial charge in [0.05, 0.1) is 12.8 Å². The molecule has 7 nitrogen and oxygen atoms in total. The molecule has 1 aromatic heterocycles. The van der Waals surface area contributed by atoms with E-state index < -0.39 is 9.84 Å². The second kappa shape index (κ2) is 6.54. The molecule has 144 valence electrons. The van der Waals surface area contributed by atoms with Gasteiger partial charge in [-0.1, -0.05) is 24.3 Å². The molecule has 1 aromatic carbocycles. The quantitative estimate of drug-likeness (QED) is 0.813. The molecular weight excluding hydrogens is 364 g/mol. The Morgan fingerprint density at radius 2 is 2.00 bits per heavy atom. The van der Waals surface area contributed by atoms with E-state index in [1.165, 1.54) is 17.3 Å². The van der Waals surface area contributed by atoms with E-state index in [1.807, 2.05) is 6.07 Å². The lowest BCUT2D eigenvalue weighted by atomic mass is 9.73. The van der Waals surface area contributed by atoms with Gasteiger partial charge in [0, 0.05) is 25.4 Å². The van der Waals surface area contributed by atoms with Crippen LogP contribution in [0.1, 0.15) is 35.7 Å². The van der Waals surface area contributed by atoms with Gasteiger partial charge in [-0.25, -0.2) is 18.4 Å². The van der Waals surface area contributed by atoms with Gasteiger partial charge in [-0.2, -0.15) is 0 Å². The van der Waals surface area contributed by atoms with Crippen molar-refractivity contribution in [2.45, 2.75) is 36.9 Å². The van der Waals surface area contributed by atoms with Gasteiger partial charge in [-0.3, -0.25) is 0 Å². The molecule has 3 N–H and O–H groups in total. The molecule has 1 atom stereocenters. The number of aliphatic hydroxyl groups is 1. The van der Waals surface area contributed by atoms with Gasteiger partial charge >= 0.3 is 0 Å². The number of aromatic nitrogens is 2. The van der Waals surface area contributed by atoms with Gasteiger partial charge in [0.15, 0.2) is 20.7 Å². The molecular formula is C19H24N4O3S.